The van der Waals surface area contributed by atoms with Crippen LogP contribution in [0.4, 0.5) is 0 Å². The molecule has 0 aromatic rings. The number of hydrogen-bond acceptors (Lipinski definition) is 2. The molecule has 0 spiro atoms. The number of nitrogens with zero attached hydrogens (tertiary/aromatic N) is 1. The summed E-state index contributed by atoms with van der Waals surface area (Å²) in [5, 5.41) is -0.144. The van der Waals surface area contributed by atoms with Gasteiger partial charge in [0.15, 0.2) is 0 Å². The summed E-state index contributed by atoms with van der Waals surface area (Å²) in [5.41, 5.74) is 2.41. The SMILES string of the molecule is O=P(O)(O)C1=C=CC=NC=C1. The lowest BCUT2D eigenvalue weighted by molar-refractivity contribution is 0.383. The lowest BCUT2D eigenvalue weighted by Crippen LogP contribution is -1.78. The molecule has 0 aliphatic carbocycles. The fourth-order valence-electron chi connectivity index (χ4n) is 0.558. The Bertz CT molecular complexity index is 317. The van der Waals surface area contributed by atoms with Crippen molar-refractivity contribution in [2.75, 3.05) is 0 Å². The van der Waals surface area contributed by atoms with Crippen molar-refractivity contribution in [3.05, 3.63) is 29.4 Å². The Morgan fingerprint density at radius 1 is 1.55 bits per heavy atom. The molecule has 58 valence electrons. The summed E-state index contributed by atoms with van der Waals surface area (Å²) in [5.74, 6) is 0. The third kappa shape index (κ3) is 2.30. The maximum atomic E-state index is 10.6. The van der Waals surface area contributed by atoms with Gasteiger partial charge in [0, 0.05) is 12.4 Å². The van der Waals surface area contributed by atoms with Gasteiger partial charge in [-0.25, -0.2) is 0 Å². The van der Waals surface area contributed by atoms with Gasteiger partial charge in [0.25, 0.3) is 0 Å². The van der Waals surface area contributed by atoms with E-state index in [9.17, 15) is 4.57 Å². The van der Waals surface area contributed by atoms with Crippen molar-refractivity contribution in [1.29, 1.82) is 0 Å². The molecule has 2 N–H and O–H groups in total. The highest BCUT2D eigenvalue weighted by atomic mass is 31.2. The van der Waals surface area contributed by atoms with Crippen molar-refractivity contribution >= 4 is 13.8 Å². The first-order valence-corrected chi connectivity index (χ1v) is 4.43. The monoisotopic (exact) mass is 171 g/mol. The Hall–Kier alpha value is -0.920. The van der Waals surface area contributed by atoms with Gasteiger partial charge in [-0.05, 0) is 12.2 Å². The van der Waals surface area contributed by atoms with Crippen molar-refractivity contribution < 1.29 is 14.4 Å². The second kappa shape index (κ2) is 2.99. The molecule has 0 aromatic carbocycles. The summed E-state index contributed by atoms with van der Waals surface area (Å²) in [6.07, 6.45) is 5.30. The zero-order valence-electron chi connectivity index (χ0n) is 5.51. The van der Waals surface area contributed by atoms with E-state index in [1.807, 2.05) is 0 Å². The summed E-state index contributed by atoms with van der Waals surface area (Å²) < 4.78 is 10.6. The van der Waals surface area contributed by atoms with E-state index < -0.39 is 7.60 Å². The highest BCUT2D eigenvalue weighted by molar-refractivity contribution is 7.56. The molecule has 0 aromatic heterocycles. The third-order valence-corrected chi connectivity index (χ3v) is 1.93. The molecule has 1 rings (SSSR count). The number of allylic oxidation sites excluding steroid dienone is 2. The molecule has 1 aliphatic rings. The molecule has 11 heavy (non-hydrogen) atoms. The Labute approximate surface area is 63.4 Å². The van der Waals surface area contributed by atoms with Crippen LogP contribution < -0.4 is 0 Å². The molecule has 0 saturated carbocycles. The van der Waals surface area contributed by atoms with Gasteiger partial charge < -0.3 is 9.79 Å². The summed E-state index contributed by atoms with van der Waals surface area (Å²) >= 11 is 0. The first-order chi connectivity index (χ1) is 5.11. The zero-order chi connectivity index (χ0) is 8.32. The maximum Gasteiger partial charge on any atom is 0.363 e. The molecule has 4 nitrogen and oxygen atoms in total. The minimum Gasteiger partial charge on any atom is -0.321 e. The van der Waals surface area contributed by atoms with Gasteiger partial charge in [0.05, 0.1) is 0 Å². The van der Waals surface area contributed by atoms with Gasteiger partial charge in [0.2, 0.25) is 0 Å². The van der Waals surface area contributed by atoms with E-state index in [2.05, 4.69) is 10.7 Å². The second-order valence-corrected chi connectivity index (χ2v) is 3.42. The molecule has 0 unspecified atom stereocenters. The molecular formula is C6H6NO3P. The van der Waals surface area contributed by atoms with E-state index in [0.717, 1.165) is 0 Å². The van der Waals surface area contributed by atoms with Gasteiger partial charge in [0.1, 0.15) is 5.31 Å². The Morgan fingerprint density at radius 3 is 2.91 bits per heavy atom. The van der Waals surface area contributed by atoms with Gasteiger partial charge in [-0.15, -0.1) is 5.73 Å². The smallest absolute Gasteiger partial charge is 0.321 e. The predicted octanol–water partition coefficient (Wildman–Crippen LogP) is 0.801. The molecule has 0 atom stereocenters. The van der Waals surface area contributed by atoms with Gasteiger partial charge in [-0.3, -0.25) is 9.56 Å². The van der Waals surface area contributed by atoms with Crippen LogP contribution in [0, 0.1) is 0 Å². The molecule has 0 amide bonds. The molecule has 5 heteroatoms. The number of hydrogen-bond donors (Lipinski definition) is 2. The predicted molar refractivity (Wildman–Crippen MR) is 41.3 cm³/mol. The molecular weight excluding hydrogens is 165 g/mol. The molecule has 1 heterocycles. The topological polar surface area (TPSA) is 69.9 Å². The van der Waals surface area contributed by atoms with E-state index in [-0.39, 0.29) is 5.31 Å². The van der Waals surface area contributed by atoms with Crippen LogP contribution in [-0.2, 0) is 4.57 Å². The van der Waals surface area contributed by atoms with Crippen molar-refractivity contribution in [2.45, 2.75) is 0 Å². The van der Waals surface area contributed by atoms with E-state index in [1.54, 1.807) is 0 Å². The zero-order valence-corrected chi connectivity index (χ0v) is 6.40. The minimum atomic E-state index is -4.16. The van der Waals surface area contributed by atoms with Crippen molar-refractivity contribution in [2.24, 2.45) is 4.99 Å². The van der Waals surface area contributed by atoms with Crippen LogP contribution in [0.1, 0.15) is 0 Å². The van der Waals surface area contributed by atoms with Crippen LogP contribution >= 0.6 is 7.60 Å². The number of rotatable bonds is 1. The average Bonchev–Trinajstić information content (AvgIpc) is 2.10. The maximum absolute atomic E-state index is 10.6. The first kappa shape index (κ1) is 8.18. The van der Waals surface area contributed by atoms with Crippen LogP contribution in [0.3, 0.4) is 0 Å². The van der Waals surface area contributed by atoms with Crippen LogP contribution in [0.15, 0.2) is 34.4 Å². The summed E-state index contributed by atoms with van der Waals surface area (Å²) in [7, 11) is -4.16. The van der Waals surface area contributed by atoms with Gasteiger partial charge in [-0.1, -0.05) is 0 Å². The van der Waals surface area contributed by atoms with Crippen molar-refractivity contribution in [1.82, 2.24) is 0 Å². The van der Waals surface area contributed by atoms with Crippen LogP contribution in [0.25, 0.3) is 0 Å². The van der Waals surface area contributed by atoms with Gasteiger partial charge in [-0.2, -0.15) is 0 Å². The van der Waals surface area contributed by atoms with E-state index >= 15 is 0 Å². The van der Waals surface area contributed by atoms with Crippen LogP contribution in [0.5, 0.6) is 0 Å². The largest absolute Gasteiger partial charge is 0.363 e. The normalized spacial score (nSPS) is 16.4. The van der Waals surface area contributed by atoms with E-state index in [1.165, 1.54) is 24.6 Å². The standard InChI is InChI=1S/C6H6NO3P/c8-11(9,10)6-2-1-4-7-5-3-6/h1,3-5H,(H2,8,9,10). The lowest BCUT2D eigenvalue weighted by atomic mass is 10.5. The summed E-state index contributed by atoms with van der Waals surface area (Å²) in [6.45, 7) is 0. The summed E-state index contributed by atoms with van der Waals surface area (Å²) in [4.78, 5) is 21.0. The molecule has 1 aliphatic heterocycles. The summed E-state index contributed by atoms with van der Waals surface area (Å²) in [6, 6.07) is 0. The lowest BCUT2D eigenvalue weighted by Gasteiger charge is -1.98. The van der Waals surface area contributed by atoms with Crippen LogP contribution in [-0.4, -0.2) is 16.0 Å². The highest BCUT2D eigenvalue weighted by Gasteiger charge is 2.17. The molecule has 0 fully saturated rings. The first-order valence-electron chi connectivity index (χ1n) is 2.82. The Kier molecular flexibility index (Phi) is 2.22. The number of aliphatic imine (C=N–C) groups is 1. The van der Waals surface area contributed by atoms with Crippen LogP contribution in [0.2, 0.25) is 0 Å². The van der Waals surface area contributed by atoms with Gasteiger partial charge >= 0.3 is 7.60 Å². The van der Waals surface area contributed by atoms with E-state index in [0.29, 0.717) is 0 Å². The quantitative estimate of drug-likeness (QED) is 0.452. The fourth-order valence-corrected chi connectivity index (χ4v) is 1.06. The third-order valence-electron chi connectivity index (χ3n) is 1.02. The van der Waals surface area contributed by atoms with E-state index in [4.69, 9.17) is 9.79 Å². The molecule has 0 saturated heterocycles. The average molecular weight is 171 g/mol. The Morgan fingerprint density at radius 2 is 2.27 bits per heavy atom. The Balaban J connectivity index is 3.09. The minimum absolute atomic E-state index is 0.144. The second-order valence-electron chi connectivity index (χ2n) is 1.85. The highest BCUT2D eigenvalue weighted by Crippen LogP contribution is 2.44. The molecule has 0 radical (unpaired) electrons. The van der Waals surface area contributed by atoms with Crippen molar-refractivity contribution in [3.63, 3.8) is 0 Å². The fraction of sp³-hybridized carbons (Fsp3) is 0. The molecule has 0 bridgehead atoms. The van der Waals surface area contributed by atoms with Crippen molar-refractivity contribution in [3.8, 4) is 0 Å².